The summed E-state index contributed by atoms with van der Waals surface area (Å²) in [5.74, 6) is 0.585. The lowest BCUT2D eigenvalue weighted by atomic mass is 10.1. The summed E-state index contributed by atoms with van der Waals surface area (Å²) in [6, 6.07) is 6.22. The summed E-state index contributed by atoms with van der Waals surface area (Å²) in [4.78, 5) is 0. The second-order valence-electron chi connectivity index (χ2n) is 4.93. The molecular formula is C13H16BrN3O. The number of aromatic nitrogens is 2. The number of hydroxylamine groups is 2. The monoisotopic (exact) mass is 309 g/mol. The number of halogens is 1. The molecule has 1 aliphatic rings. The van der Waals surface area contributed by atoms with Crippen LogP contribution in [0.2, 0.25) is 0 Å². The van der Waals surface area contributed by atoms with Crippen molar-refractivity contribution in [3.8, 4) is 0 Å². The molecule has 1 N–H and O–H groups in total. The van der Waals surface area contributed by atoms with Gasteiger partial charge < -0.3 is 5.21 Å². The molecule has 96 valence electrons. The maximum absolute atomic E-state index is 9.37. The van der Waals surface area contributed by atoms with Crippen LogP contribution >= 0.6 is 15.9 Å². The molecule has 1 fully saturated rings. The van der Waals surface area contributed by atoms with Crippen LogP contribution in [0.5, 0.6) is 0 Å². The van der Waals surface area contributed by atoms with Crippen molar-refractivity contribution < 1.29 is 5.21 Å². The fourth-order valence-corrected chi connectivity index (χ4v) is 2.92. The zero-order valence-corrected chi connectivity index (χ0v) is 11.7. The first-order valence-corrected chi connectivity index (χ1v) is 7.06. The van der Waals surface area contributed by atoms with Gasteiger partial charge in [0.05, 0.1) is 11.7 Å². The van der Waals surface area contributed by atoms with Crippen molar-refractivity contribution in [1.82, 2.24) is 14.8 Å². The van der Waals surface area contributed by atoms with Gasteiger partial charge >= 0.3 is 0 Å². The van der Waals surface area contributed by atoms with Crippen LogP contribution in [0.1, 0.15) is 12.8 Å². The number of benzene rings is 1. The summed E-state index contributed by atoms with van der Waals surface area (Å²) in [7, 11) is 0. The van der Waals surface area contributed by atoms with E-state index >= 15 is 0 Å². The zero-order chi connectivity index (χ0) is 12.5. The van der Waals surface area contributed by atoms with Crippen LogP contribution < -0.4 is 0 Å². The van der Waals surface area contributed by atoms with Crippen molar-refractivity contribution in [3.05, 3.63) is 28.9 Å². The minimum atomic E-state index is 0.585. The molecule has 2 heterocycles. The number of fused-ring (bicyclic) bond motifs is 1. The first kappa shape index (κ1) is 12.1. The Morgan fingerprint density at radius 2 is 2.33 bits per heavy atom. The molecule has 0 spiro atoms. The molecule has 1 aromatic carbocycles. The highest BCUT2D eigenvalue weighted by Gasteiger charge is 2.20. The lowest BCUT2D eigenvalue weighted by molar-refractivity contribution is -0.0716. The van der Waals surface area contributed by atoms with Crippen LogP contribution in [0, 0.1) is 5.92 Å². The Morgan fingerprint density at radius 1 is 1.44 bits per heavy atom. The van der Waals surface area contributed by atoms with Gasteiger partial charge in [-0.25, -0.2) is 0 Å². The van der Waals surface area contributed by atoms with Crippen molar-refractivity contribution >= 4 is 26.8 Å². The largest absolute Gasteiger partial charge is 0.314 e. The molecule has 0 amide bonds. The molecule has 0 saturated carbocycles. The Balaban J connectivity index is 1.72. The Hall–Kier alpha value is -0.910. The third kappa shape index (κ3) is 2.43. The molecule has 1 aliphatic heterocycles. The van der Waals surface area contributed by atoms with Crippen LogP contribution in [0.3, 0.4) is 0 Å². The molecule has 0 aliphatic carbocycles. The highest BCUT2D eigenvalue weighted by Crippen LogP contribution is 2.22. The van der Waals surface area contributed by atoms with Crippen LogP contribution in [0.25, 0.3) is 10.9 Å². The second-order valence-corrected chi connectivity index (χ2v) is 5.84. The summed E-state index contributed by atoms with van der Waals surface area (Å²) in [5, 5.41) is 16.4. The SMILES string of the molecule is ON1CCC(CCn2ncc3ccc(Br)cc32)C1. The number of nitrogens with zero attached hydrogens (tertiary/aromatic N) is 3. The van der Waals surface area contributed by atoms with Gasteiger partial charge in [-0.15, -0.1) is 0 Å². The maximum Gasteiger partial charge on any atom is 0.0693 e. The van der Waals surface area contributed by atoms with Crippen molar-refractivity contribution in [1.29, 1.82) is 0 Å². The average molecular weight is 310 g/mol. The lowest BCUT2D eigenvalue weighted by Crippen LogP contribution is -2.15. The molecule has 1 unspecified atom stereocenters. The predicted octanol–water partition coefficient (Wildman–Crippen LogP) is 2.90. The van der Waals surface area contributed by atoms with E-state index in [2.05, 4.69) is 37.8 Å². The minimum Gasteiger partial charge on any atom is -0.314 e. The average Bonchev–Trinajstić information content (AvgIpc) is 2.93. The normalized spacial score (nSPS) is 20.9. The lowest BCUT2D eigenvalue weighted by Gasteiger charge is -2.10. The summed E-state index contributed by atoms with van der Waals surface area (Å²) < 4.78 is 3.14. The van der Waals surface area contributed by atoms with Gasteiger partial charge in [-0.3, -0.25) is 4.68 Å². The zero-order valence-electron chi connectivity index (χ0n) is 10.1. The Morgan fingerprint density at radius 3 is 3.11 bits per heavy atom. The summed E-state index contributed by atoms with van der Waals surface area (Å²) >= 11 is 3.50. The fourth-order valence-electron chi connectivity index (χ4n) is 2.57. The second kappa shape index (κ2) is 4.99. The van der Waals surface area contributed by atoms with E-state index in [1.165, 1.54) is 16.0 Å². The Bertz CT molecular complexity index is 554. The van der Waals surface area contributed by atoms with Crippen LogP contribution in [0.15, 0.2) is 28.9 Å². The number of hydrogen-bond acceptors (Lipinski definition) is 3. The molecule has 18 heavy (non-hydrogen) atoms. The van der Waals surface area contributed by atoms with Gasteiger partial charge in [-0.1, -0.05) is 22.0 Å². The molecule has 1 saturated heterocycles. The van der Waals surface area contributed by atoms with Crippen molar-refractivity contribution in [2.45, 2.75) is 19.4 Å². The minimum absolute atomic E-state index is 0.585. The van der Waals surface area contributed by atoms with Gasteiger partial charge in [0.15, 0.2) is 0 Å². The number of rotatable bonds is 3. The fraction of sp³-hybridized carbons (Fsp3) is 0.462. The van der Waals surface area contributed by atoms with Gasteiger partial charge in [-0.2, -0.15) is 10.2 Å². The van der Waals surface area contributed by atoms with E-state index in [0.29, 0.717) is 5.92 Å². The topological polar surface area (TPSA) is 41.3 Å². The van der Waals surface area contributed by atoms with Crippen LogP contribution in [-0.2, 0) is 6.54 Å². The van der Waals surface area contributed by atoms with Gasteiger partial charge in [0.1, 0.15) is 0 Å². The van der Waals surface area contributed by atoms with Gasteiger partial charge in [0, 0.05) is 29.5 Å². The number of hydrogen-bond donors (Lipinski definition) is 1. The highest BCUT2D eigenvalue weighted by atomic mass is 79.9. The third-order valence-corrected chi connectivity index (χ3v) is 4.11. The molecular weight excluding hydrogens is 294 g/mol. The quantitative estimate of drug-likeness (QED) is 0.948. The standard InChI is InChI=1S/C13H16BrN3O/c14-12-2-1-11-8-15-17(13(11)7-12)6-4-10-3-5-16(18)9-10/h1-2,7-8,10,18H,3-6,9H2. The summed E-state index contributed by atoms with van der Waals surface area (Å²) in [6.45, 7) is 2.51. The van der Waals surface area contributed by atoms with E-state index in [4.69, 9.17) is 0 Å². The van der Waals surface area contributed by atoms with E-state index in [-0.39, 0.29) is 0 Å². The van der Waals surface area contributed by atoms with Gasteiger partial charge in [0.25, 0.3) is 0 Å². The summed E-state index contributed by atoms with van der Waals surface area (Å²) in [6.07, 6.45) is 4.06. The first-order valence-electron chi connectivity index (χ1n) is 6.27. The molecule has 0 bridgehead atoms. The molecule has 2 aromatic rings. The maximum atomic E-state index is 9.37. The molecule has 5 heteroatoms. The van der Waals surface area contributed by atoms with Crippen molar-refractivity contribution in [2.24, 2.45) is 5.92 Å². The summed E-state index contributed by atoms with van der Waals surface area (Å²) in [5.41, 5.74) is 1.17. The van der Waals surface area contributed by atoms with E-state index in [1.54, 1.807) is 0 Å². The Labute approximate surface area is 114 Å². The van der Waals surface area contributed by atoms with Crippen LogP contribution in [0.4, 0.5) is 0 Å². The number of aryl methyl sites for hydroxylation is 1. The van der Waals surface area contributed by atoms with E-state index in [9.17, 15) is 5.21 Å². The predicted molar refractivity (Wildman–Crippen MR) is 73.5 cm³/mol. The Kier molecular flexibility index (Phi) is 3.37. The smallest absolute Gasteiger partial charge is 0.0693 e. The molecule has 0 radical (unpaired) electrons. The molecule has 3 rings (SSSR count). The highest BCUT2D eigenvalue weighted by molar-refractivity contribution is 9.10. The van der Waals surface area contributed by atoms with Crippen LogP contribution in [-0.4, -0.2) is 33.1 Å². The van der Waals surface area contributed by atoms with E-state index in [1.807, 2.05) is 12.3 Å². The van der Waals surface area contributed by atoms with Crippen molar-refractivity contribution in [3.63, 3.8) is 0 Å². The van der Waals surface area contributed by atoms with Gasteiger partial charge in [-0.05, 0) is 30.9 Å². The van der Waals surface area contributed by atoms with E-state index < -0.39 is 0 Å². The molecule has 1 aromatic heterocycles. The first-order chi connectivity index (χ1) is 8.72. The van der Waals surface area contributed by atoms with Crippen molar-refractivity contribution in [2.75, 3.05) is 13.1 Å². The molecule has 1 atom stereocenters. The molecule has 4 nitrogen and oxygen atoms in total. The van der Waals surface area contributed by atoms with E-state index in [0.717, 1.165) is 36.9 Å². The third-order valence-electron chi connectivity index (χ3n) is 3.62. The van der Waals surface area contributed by atoms with Gasteiger partial charge in [0.2, 0.25) is 0 Å².